The summed E-state index contributed by atoms with van der Waals surface area (Å²) in [7, 11) is 0.503. The number of hydrogen-bond acceptors (Lipinski definition) is 5. The lowest BCUT2D eigenvalue weighted by atomic mass is 9.68. The average molecular weight is 335 g/mol. The molecule has 0 aromatic rings. The molecule has 0 saturated carbocycles. The van der Waals surface area contributed by atoms with E-state index in [2.05, 4.69) is 33.9 Å². The first-order valence-electron chi connectivity index (χ1n) is 7.76. The van der Waals surface area contributed by atoms with E-state index in [0.29, 0.717) is 6.61 Å². The summed E-state index contributed by atoms with van der Waals surface area (Å²) in [4.78, 5) is 11.5. The summed E-state index contributed by atoms with van der Waals surface area (Å²) in [6.07, 6.45) is 0.127. The van der Waals surface area contributed by atoms with Crippen molar-refractivity contribution in [3.63, 3.8) is 0 Å². The minimum atomic E-state index is -0.601. The van der Waals surface area contributed by atoms with E-state index in [1.165, 1.54) is 0 Å². The SMILES string of the molecule is CO[C@@H]1[C@@H](C(C)(C)C(O[SiH2]C)O[SiH2]C)[C@H](C=O)OC[C@@H]1C. The van der Waals surface area contributed by atoms with Gasteiger partial charge in [0.25, 0.3) is 0 Å². The molecular formula is C14H30O5Si2. The third kappa shape index (κ3) is 4.23. The van der Waals surface area contributed by atoms with Gasteiger partial charge < -0.3 is 23.1 Å². The van der Waals surface area contributed by atoms with E-state index in [4.69, 9.17) is 18.3 Å². The Balaban J connectivity index is 3.09. The Labute approximate surface area is 132 Å². The molecule has 1 aliphatic heterocycles. The first-order valence-corrected chi connectivity index (χ1v) is 11.7. The molecule has 5 nitrogen and oxygen atoms in total. The molecule has 0 bridgehead atoms. The highest BCUT2D eigenvalue weighted by Crippen LogP contribution is 2.43. The highest BCUT2D eigenvalue weighted by atomic mass is 28.2. The Morgan fingerprint density at radius 2 is 1.86 bits per heavy atom. The van der Waals surface area contributed by atoms with Crippen molar-refractivity contribution in [2.45, 2.75) is 52.4 Å². The maximum atomic E-state index is 11.5. The smallest absolute Gasteiger partial charge is 0.161 e. The zero-order valence-electron chi connectivity index (χ0n) is 14.1. The maximum absolute atomic E-state index is 11.5. The summed E-state index contributed by atoms with van der Waals surface area (Å²) < 4.78 is 23.3. The van der Waals surface area contributed by atoms with Crippen LogP contribution in [0.5, 0.6) is 0 Å². The van der Waals surface area contributed by atoms with Gasteiger partial charge in [-0.15, -0.1) is 0 Å². The van der Waals surface area contributed by atoms with Crippen LogP contribution >= 0.6 is 0 Å². The van der Waals surface area contributed by atoms with Crippen molar-refractivity contribution in [3.05, 3.63) is 0 Å². The van der Waals surface area contributed by atoms with Crippen LogP contribution < -0.4 is 0 Å². The molecule has 0 aliphatic carbocycles. The van der Waals surface area contributed by atoms with Crippen molar-refractivity contribution in [1.29, 1.82) is 0 Å². The molecular weight excluding hydrogens is 304 g/mol. The molecule has 0 aromatic carbocycles. The normalized spacial score (nSPS) is 33.0. The first-order chi connectivity index (χ1) is 9.93. The van der Waals surface area contributed by atoms with Crippen molar-refractivity contribution in [2.24, 2.45) is 17.3 Å². The van der Waals surface area contributed by atoms with Crippen molar-refractivity contribution >= 4 is 25.8 Å². The Bertz CT molecular complexity index is 320. The molecule has 21 heavy (non-hydrogen) atoms. The van der Waals surface area contributed by atoms with Gasteiger partial charge in [0, 0.05) is 24.4 Å². The second-order valence-electron chi connectivity index (χ2n) is 6.20. The third-order valence-corrected chi connectivity index (χ3v) is 5.60. The molecule has 0 amide bonds. The van der Waals surface area contributed by atoms with Crippen LogP contribution in [0.2, 0.25) is 13.1 Å². The fourth-order valence-electron chi connectivity index (χ4n) is 3.29. The summed E-state index contributed by atoms with van der Waals surface area (Å²) in [5.74, 6) is 0.170. The third-order valence-electron chi connectivity index (χ3n) is 4.33. The van der Waals surface area contributed by atoms with Crippen molar-refractivity contribution in [1.82, 2.24) is 0 Å². The van der Waals surface area contributed by atoms with Crippen LogP contribution in [0.15, 0.2) is 0 Å². The fraction of sp³-hybridized carbons (Fsp3) is 0.929. The predicted molar refractivity (Wildman–Crippen MR) is 87.8 cm³/mol. The predicted octanol–water partition coefficient (Wildman–Crippen LogP) is 0.501. The lowest BCUT2D eigenvalue weighted by Crippen LogP contribution is -2.57. The summed E-state index contributed by atoms with van der Waals surface area (Å²) in [5, 5.41) is 0. The molecule has 1 fully saturated rings. The maximum Gasteiger partial charge on any atom is 0.161 e. The highest BCUT2D eigenvalue weighted by Gasteiger charge is 2.50. The Morgan fingerprint density at radius 1 is 1.29 bits per heavy atom. The van der Waals surface area contributed by atoms with E-state index in [-0.39, 0.29) is 29.6 Å². The number of hydrogen-bond donors (Lipinski definition) is 0. The molecule has 0 unspecified atom stereocenters. The van der Waals surface area contributed by atoms with Crippen LogP contribution in [-0.2, 0) is 23.1 Å². The number of ether oxygens (including phenoxy) is 2. The van der Waals surface area contributed by atoms with E-state index in [0.717, 1.165) is 6.29 Å². The largest absolute Gasteiger partial charge is 0.400 e. The molecule has 1 heterocycles. The van der Waals surface area contributed by atoms with Gasteiger partial charge in [-0.3, -0.25) is 0 Å². The average Bonchev–Trinajstić information content (AvgIpc) is 2.46. The molecule has 0 radical (unpaired) electrons. The zero-order valence-corrected chi connectivity index (χ0v) is 17.0. The van der Waals surface area contributed by atoms with Gasteiger partial charge in [-0.05, 0) is 0 Å². The number of rotatable bonds is 8. The molecule has 124 valence electrons. The Morgan fingerprint density at radius 3 is 2.29 bits per heavy atom. The van der Waals surface area contributed by atoms with Gasteiger partial charge in [0.2, 0.25) is 0 Å². The summed E-state index contributed by atoms with van der Waals surface area (Å²) in [6, 6.07) is 0. The van der Waals surface area contributed by atoms with Gasteiger partial charge in [-0.1, -0.05) is 33.9 Å². The molecule has 1 saturated heterocycles. The highest BCUT2D eigenvalue weighted by molar-refractivity contribution is 6.26. The van der Waals surface area contributed by atoms with Gasteiger partial charge >= 0.3 is 0 Å². The van der Waals surface area contributed by atoms with Gasteiger partial charge in [0.1, 0.15) is 18.7 Å². The fourth-order valence-corrected chi connectivity index (χ4v) is 5.14. The number of methoxy groups -OCH3 is 1. The topological polar surface area (TPSA) is 54.0 Å². The van der Waals surface area contributed by atoms with E-state index in [1.807, 2.05) is 0 Å². The summed E-state index contributed by atoms with van der Waals surface area (Å²) in [6.45, 7) is 11.0. The quantitative estimate of drug-likeness (QED) is 0.368. The van der Waals surface area contributed by atoms with Crippen molar-refractivity contribution in [3.8, 4) is 0 Å². The van der Waals surface area contributed by atoms with Crippen LogP contribution in [0.1, 0.15) is 20.8 Å². The Hall–Kier alpha value is -0.0562. The van der Waals surface area contributed by atoms with Gasteiger partial charge in [0.05, 0.1) is 12.7 Å². The number of carbonyl (C=O) groups is 1. The summed E-state index contributed by atoms with van der Waals surface area (Å²) >= 11 is 0. The lowest BCUT2D eigenvalue weighted by molar-refractivity contribution is -0.205. The van der Waals surface area contributed by atoms with Crippen LogP contribution in [-0.4, -0.2) is 58.0 Å². The first kappa shape index (κ1) is 19.0. The molecule has 0 spiro atoms. The van der Waals surface area contributed by atoms with Crippen LogP contribution in [0.3, 0.4) is 0 Å². The molecule has 0 aromatic heterocycles. The van der Waals surface area contributed by atoms with Crippen molar-refractivity contribution < 1.29 is 23.1 Å². The van der Waals surface area contributed by atoms with Crippen LogP contribution in [0, 0.1) is 17.3 Å². The second kappa shape index (κ2) is 8.54. The molecule has 1 rings (SSSR count). The van der Waals surface area contributed by atoms with Crippen molar-refractivity contribution in [2.75, 3.05) is 13.7 Å². The van der Waals surface area contributed by atoms with E-state index in [1.54, 1.807) is 7.11 Å². The number of aldehydes is 1. The van der Waals surface area contributed by atoms with E-state index >= 15 is 0 Å². The van der Waals surface area contributed by atoms with Gasteiger partial charge in [-0.25, -0.2) is 0 Å². The Kier molecular flexibility index (Phi) is 7.73. The minimum Gasteiger partial charge on any atom is -0.400 e. The van der Waals surface area contributed by atoms with Gasteiger partial charge in [-0.2, -0.15) is 0 Å². The standard InChI is InChI=1S/C14H30O5Si2/c1-9-8-17-10(7-15)11(12(9)16-4)14(2,3)13(18-20-5)19-21-6/h7,9-13H,8,20-21H2,1-6H3/t9-,10-,11-,12-/m0/s1. The van der Waals surface area contributed by atoms with E-state index in [9.17, 15) is 4.79 Å². The molecule has 7 heteroatoms. The minimum absolute atomic E-state index is 0.0318. The second-order valence-corrected chi connectivity index (χ2v) is 8.02. The molecule has 0 N–H and O–H groups in total. The monoisotopic (exact) mass is 334 g/mol. The van der Waals surface area contributed by atoms with Crippen LogP contribution in [0.4, 0.5) is 0 Å². The lowest BCUT2D eigenvalue weighted by Gasteiger charge is -2.49. The molecule has 4 atom stereocenters. The van der Waals surface area contributed by atoms with Gasteiger partial charge in [0.15, 0.2) is 19.5 Å². The number of carbonyl (C=O) groups excluding carboxylic acids is 1. The molecule has 1 aliphatic rings. The zero-order chi connectivity index (χ0) is 16.0. The van der Waals surface area contributed by atoms with E-state index < -0.39 is 25.6 Å². The van der Waals surface area contributed by atoms with Crippen LogP contribution in [0.25, 0.3) is 0 Å². The summed E-state index contributed by atoms with van der Waals surface area (Å²) in [5.41, 5.74) is -0.340.